The van der Waals surface area contributed by atoms with E-state index in [0.717, 1.165) is 24.3 Å². The van der Waals surface area contributed by atoms with Crippen molar-refractivity contribution in [1.29, 1.82) is 0 Å². The number of nitrogens with two attached hydrogens (primary N) is 1. The number of para-hydroxylation sites is 1. The van der Waals surface area contributed by atoms with Gasteiger partial charge in [0.2, 0.25) is 5.91 Å². The van der Waals surface area contributed by atoms with Gasteiger partial charge in [0.15, 0.2) is 4.90 Å². The van der Waals surface area contributed by atoms with Gasteiger partial charge in [0.25, 0.3) is 15.7 Å². The third-order valence-corrected chi connectivity index (χ3v) is 4.85. The van der Waals surface area contributed by atoms with Crippen molar-refractivity contribution in [2.24, 2.45) is 5.73 Å². The Morgan fingerprint density at radius 2 is 1.88 bits per heavy atom. The highest BCUT2D eigenvalue weighted by atomic mass is 32.2. The molecule has 0 aliphatic heterocycles. The molecule has 0 radical (unpaired) electrons. The van der Waals surface area contributed by atoms with Gasteiger partial charge in [-0.15, -0.1) is 0 Å². The highest BCUT2D eigenvalue weighted by molar-refractivity contribution is 7.93. The van der Waals surface area contributed by atoms with E-state index < -0.39 is 43.8 Å². The van der Waals surface area contributed by atoms with Gasteiger partial charge in [0.1, 0.15) is 12.4 Å². The van der Waals surface area contributed by atoms with Crippen molar-refractivity contribution in [3.8, 4) is 0 Å². The van der Waals surface area contributed by atoms with Crippen LogP contribution in [0.5, 0.6) is 0 Å². The van der Waals surface area contributed by atoms with Crippen LogP contribution in [0.25, 0.3) is 0 Å². The number of hydrogen-bond donors (Lipinski definition) is 1. The van der Waals surface area contributed by atoms with Crippen LogP contribution < -0.4 is 10.0 Å². The molecule has 10 heteroatoms. The number of amides is 1. The number of nitro groups is 1. The minimum Gasteiger partial charge on any atom is -0.368 e. The Morgan fingerprint density at radius 1 is 1.21 bits per heavy atom. The number of carbonyl (C=O) groups is 1. The van der Waals surface area contributed by atoms with Crippen LogP contribution in [-0.4, -0.2) is 25.8 Å². The van der Waals surface area contributed by atoms with Crippen molar-refractivity contribution < 1.29 is 22.5 Å². The lowest BCUT2D eigenvalue weighted by molar-refractivity contribution is -0.387. The van der Waals surface area contributed by atoms with Crippen LogP contribution >= 0.6 is 0 Å². The zero-order valence-corrected chi connectivity index (χ0v) is 12.9. The summed E-state index contributed by atoms with van der Waals surface area (Å²) in [4.78, 5) is 20.8. The first-order chi connectivity index (χ1) is 11.2. The zero-order valence-electron chi connectivity index (χ0n) is 12.1. The Kier molecular flexibility index (Phi) is 4.79. The molecule has 8 nitrogen and oxygen atoms in total. The molecule has 0 unspecified atom stereocenters. The number of primary amides is 1. The van der Waals surface area contributed by atoms with Gasteiger partial charge in [-0.05, 0) is 24.3 Å². The second-order valence-corrected chi connectivity index (χ2v) is 6.51. The van der Waals surface area contributed by atoms with E-state index in [1.807, 2.05) is 0 Å². The summed E-state index contributed by atoms with van der Waals surface area (Å²) in [5, 5.41) is 11.1. The number of benzene rings is 2. The Bertz CT molecular complexity index is 901. The number of hydrogen-bond acceptors (Lipinski definition) is 5. The molecular formula is C14H12FN3O5S. The molecule has 0 saturated carbocycles. The van der Waals surface area contributed by atoms with Crippen LogP contribution in [0.2, 0.25) is 0 Å². The predicted octanol–water partition coefficient (Wildman–Crippen LogP) is 1.41. The summed E-state index contributed by atoms with van der Waals surface area (Å²) in [6, 6.07) is 9.11. The van der Waals surface area contributed by atoms with Gasteiger partial charge < -0.3 is 5.73 Å². The molecule has 2 aromatic carbocycles. The van der Waals surface area contributed by atoms with E-state index in [-0.39, 0.29) is 5.69 Å². The van der Waals surface area contributed by atoms with Gasteiger partial charge in [0, 0.05) is 6.07 Å². The summed E-state index contributed by atoms with van der Waals surface area (Å²) < 4.78 is 39.5. The largest absolute Gasteiger partial charge is 0.368 e. The van der Waals surface area contributed by atoms with Gasteiger partial charge in [0.05, 0.1) is 10.6 Å². The molecule has 0 spiro atoms. The van der Waals surface area contributed by atoms with E-state index in [9.17, 15) is 27.7 Å². The summed E-state index contributed by atoms with van der Waals surface area (Å²) in [5.74, 6) is -1.74. The molecule has 2 rings (SSSR count). The fourth-order valence-electron chi connectivity index (χ4n) is 2.03. The van der Waals surface area contributed by atoms with Gasteiger partial charge in [-0.3, -0.25) is 19.2 Å². The summed E-state index contributed by atoms with van der Waals surface area (Å²) in [7, 11) is -4.52. The quantitative estimate of drug-likeness (QED) is 0.621. The predicted molar refractivity (Wildman–Crippen MR) is 83.2 cm³/mol. The van der Waals surface area contributed by atoms with Crippen molar-refractivity contribution in [3.63, 3.8) is 0 Å². The monoisotopic (exact) mass is 353 g/mol. The maximum Gasteiger partial charge on any atom is 0.289 e. The van der Waals surface area contributed by atoms with Gasteiger partial charge in [-0.2, -0.15) is 0 Å². The zero-order chi connectivity index (χ0) is 17.9. The highest BCUT2D eigenvalue weighted by Gasteiger charge is 2.32. The number of anilines is 1. The lowest BCUT2D eigenvalue weighted by Gasteiger charge is -2.23. The van der Waals surface area contributed by atoms with Gasteiger partial charge >= 0.3 is 0 Å². The number of rotatable bonds is 6. The molecule has 24 heavy (non-hydrogen) atoms. The molecule has 2 N–H and O–H groups in total. The van der Waals surface area contributed by atoms with Crippen LogP contribution in [-0.2, 0) is 14.8 Å². The molecule has 1 amide bonds. The molecule has 0 aliphatic rings. The Balaban J connectivity index is 2.65. The first-order valence-corrected chi connectivity index (χ1v) is 7.97. The molecule has 0 bridgehead atoms. The Labute approximate surface area is 136 Å². The fourth-order valence-corrected chi connectivity index (χ4v) is 3.62. The maximum absolute atomic E-state index is 13.4. The van der Waals surface area contributed by atoms with Crippen LogP contribution in [0.4, 0.5) is 15.8 Å². The van der Waals surface area contributed by atoms with Gasteiger partial charge in [-0.1, -0.05) is 18.2 Å². The average molecular weight is 353 g/mol. The summed E-state index contributed by atoms with van der Waals surface area (Å²) >= 11 is 0. The third kappa shape index (κ3) is 3.49. The second-order valence-electron chi connectivity index (χ2n) is 4.68. The second kappa shape index (κ2) is 6.62. The molecule has 126 valence electrons. The molecule has 2 aromatic rings. The topological polar surface area (TPSA) is 124 Å². The minimum atomic E-state index is -4.52. The highest BCUT2D eigenvalue weighted by Crippen LogP contribution is 2.29. The van der Waals surface area contributed by atoms with Crippen LogP contribution in [0.1, 0.15) is 0 Å². The number of halogens is 1. The standard InChI is InChI=1S/C14H12FN3O5S/c15-10-4-3-5-11(8-10)17(9-14(16)19)24(22,23)13-7-2-1-6-12(13)18(20)21/h1-8H,9H2,(H2,16,19). The first-order valence-electron chi connectivity index (χ1n) is 6.53. The fraction of sp³-hybridized carbons (Fsp3) is 0.0714. The molecule has 0 saturated heterocycles. The van der Waals surface area contributed by atoms with E-state index >= 15 is 0 Å². The lowest BCUT2D eigenvalue weighted by Crippen LogP contribution is -2.38. The minimum absolute atomic E-state index is 0.174. The number of sulfonamides is 1. The van der Waals surface area contributed by atoms with E-state index in [2.05, 4.69) is 0 Å². The number of nitrogens with zero attached hydrogens (tertiary/aromatic N) is 2. The van der Waals surface area contributed by atoms with Crippen molar-refractivity contribution in [2.45, 2.75) is 4.90 Å². The Morgan fingerprint density at radius 3 is 2.46 bits per heavy atom. The van der Waals surface area contributed by atoms with E-state index in [1.54, 1.807) is 0 Å². The normalized spacial score (nSPS) is 11.0. The SMILES string of the molecule is NC(=O)CN(c1cccc(F)c1)S(=O)(=O)c1ccccc1[N+](=O)[O-]. The molecule has 0 fully saturated rings. The molecule has 0 atom stereocenters. The first kappa shape index (κ1) is 17.3. The molecule has 0 aliphatic carbocycles. The van der Waals surface area contributed by atoms with E-state index in [4.69, 9.17) is 5.73 Å². The number of nitro benzene ring substituents is 1. The average Bonchev–Trinajstić information content (AvgIpc) is 2.52. The summed E-state index contributed by atoms with van der Waals surface area (Å²) in [5.41, 5.74) is 4.23. The van der Waals surface area contributed by atoms with Crippen LogP contribution in [0.3, 0.4) is 0 Å². The summed E-state index contributed by atoms with van der Waals surface area (Å²) in [6.07, 6.45) is 0. The third-order valence-electron chi connectivity index (χ3n) is 3.03. The Hall–Kier alpha value is -3.01. The maximum atomic E-state index is 13.4. The van der Waals surface area contributed by atoms with Crippen molar-refractivity contribution in [1.82, 2.24) is 0 Å². The van der Waals surface area contributed by atoms with Crippen LogP contribution in [0.15, 0.2) is 53.4 Å². The molecule has 0 aromatic heterocycles. The van der Waals surface area contributed by atoms with Crippen molar-refractivity contribution >= 4 is 27.3 Å². The van der Waals surface area contributed by atoms with E-state index in [0.29, 0.717) is 4.31 Å². The number of carbonyl (C=O) groups excluding carboxylic acids is 1. The van der Waals surface area contributed by atoms with E-state index in [1.165, 1.54) is 24.3 Å². The van der Waals surface area contributed by atoms with Crippen molar-refractivity contribution in [2.75, 3.05) is 10.8 Å². The smallest absolute Gasteiger partial charge is 0.289 e. The molecular weight excluding hydrogens is 341 g/mol. The van der Waals surface area contributed by atoms with Crippen LogP contribution in [0, 0.1) is 15.9 Å². The van der Waals surface area contributed by atoms with Crippen molar-refractivity contribution in [3.05, 3.63) is 64.5 Å². The molecule has 0 heterocycles. The lowest BCUT2D eigenvalue weighted by atomic mass is 10.3. The van der Waals surface area contributed by atoms with Gasteiger partial charge in [-0.25, -0.2) is 12.8 Å². The summed E-state index contributed by atoms with van der Waals surface area (Å²) in [6.45, 7) is -0.794.